The van der Waals surface area contributed by atoms with Crippen molar-refractivity contribution in [3.63, 3.8) is 0 Å². The Morgan fingerprint density at radius 3 is 2.52 bits per heavy atom. The molecule has 0 saturated heterocycles. The Kier molecular flexibility index (Phi) is 5.96. The number of nitro groups is 1. The number of carbonyl (C=O) groups excluding carboxylic acids is 3. The number of aryl methyl sites for hydroxylation is 1. The number of esters is 1. The van der Waals surface area contributed by atoms with E-state index in [-0.39, 0.29) is 40.0 Å². The van der Waals surface area contributed by atoms with Gasteiger partial charge in [0.2, 0.25) is 5.88 Å². The quantitative estimate of drug-likeness (QED) is 0.341. The molecule has 2 aromatic rings. The minimum Gasteiger partial charge on any atom is -0.462 e. The molecule has 0 aliphatic heterocycles. The number of ether oxygens (including phenoxy) is 1. The standard InChI is InChI=1S/C17H15ClN2O7/c1-4-26-17(23)14-13(8(2)21)9(3)27-16(14)19-15(22)11-6-5-10(18)7-12(11)20(24)25/h5-7H,4H2,1-3H3,(H,19,22). The molecule has 0 aliphatic carbocycles. The first kappa shape index (κ1) is 20.1. The van der Waals surface area contributed by atoms with Gasteiger partial charge in [0.05, 0.1) is 17.1 Å². The largest absolute Gasteiger partial charge is 0.462 e. The zero-order valence-electron chi connectivity index (χ0n) is 14.6. The molecule has 0 bridgehead atoms. The number of nitro benzene ring substituents is 1. The molecular weight excluding hydrogens is 380 g/mol. The number of hydrogen-bond acceptors (Lipinski definition) is 7. The Morgan fingerprint density at radius 2 is 1.96 bits per heavy atom. The SMILES string of the molecule is CCOC(=O)c1c(NC(=O)c2ccc(Cl)cc2[N+](=O)[O-])oc(C)c1C(C)=O. The number of Topliss-reactive ketones (excluding diaryl/α,β-unsaturated/α-hetero) is 1. The van der Waals surface area contributed by atoms with Crippen LogP contribution in [0.4, 0.5) is 11.6 Å². The number of benzene rings is 1. The number of ketones is 1. The first-order valence-electron chi connectivity index (χ1n) is 7.74. The van der Waals surface area contributed by atoms with Crippen molar-refractivity contribution in [2.45, 2.75) is 20.8 Å². The van der Waals surface area contributed by atoms with E-state index in [1.165, 1.54) is 26.0 Å². The second-order valence-electron chi connectivity index (χ2n) is 5.39. The van der Waals surface area contributed by atoms with E-state index in [1.54, 1.807) is 6.92 Å². The van der Waals surface area contributed by atoms with Gasteiger partial charge in [0.15, 0.2) is 5.78 Å². The van der Waals surface area contributed by atoms with E-state index in [0.29, 0.717) is 0 Å². The molecule has 1 aromatic heterocycles. The van der Waals surface area contributed by atoms with E-state index in [4.69, 9.17) is 20.8 Å². The number of hydrogen-bond donors (Lipinski definition) is 1. The van der Waals surface area contributed by atoms with Crippen LogP contribution in [0.25, 0.3) is 0 Å². The second-order valence-corrected chi connectivity index (χ2v) is 5.82. The summed E-state index contributed by atoms with van der Waals surface area (Å²) in [5.41, 5.74) is -1.09. The summed E-state index contributed by atoms with van der Waals surface area (Å²) < 4.78 is 10.3. The molecule has 10 heteroatoms. The summed E-state index contributed by atoms with van der Waals surface area (Å²) in [7, 11) is 0. The van der Waals surface area contributed by atoms with Crippen LogP contribution >= 0.6 is 11.6 Å². The zero-order valence-corrected chi connectivity index (χ0v) is 15.4. The maximum Gasteiger partial charge on any atom is 0.344 e. The van der Waals surface area contributed by atoms with Gasteiger partial charge in [0.25, 0.3) is 11.6 Å². The minimum atomic E-state index is -0.909. The van der Waals surface area contributed by atoms with Gasteiger partial charge in [-0.25, -0.2) is 4.79 Å². The van der Waals surface area contributed by atoms with Gasteiger partial charge in [0, 0.05) is 11.1 Å². The van der Waals surface area contributed by atoms with Crippen LogP contribution in [0.3, 0.4) is 0 Å². The van der Waals surface area contributed by atoms with Crippen LogP contribution in [0.1, 0.15) is 50.7 Å². The fourth-order valence-electron chi connectivity index (χ4n) is 2.47. The normalized spacial score (nSPS) is 10.4. The van der Waals surface area contributed by atoms with Gasteiger partial charge in [0.1, 0.15) is 16.9 Å². The van der Waals surface area contributed by atoms with Crippen LogP contribution in [0, 0.1) is 17.0 Å². The maximum atomic E-state index is 12.5. The zero-order chi connectivity index (χ0) is 20.3. The molecule has 0 fully saturated rings. The molecule has 0 spiro atoms. The third-order valence-corrected chi connectivity index (χ3v) is 3.78. The van der Waals surface area contributed by atoms with E-state index in [2.05, 4.69) is 5.32 Å². The highest BCUT2D eigenvalue weighted by Crippen LogP contribution is 2.30. The molecule has 1 aromatic carbocycles. The number of nitrogens with zero attached hydrogens (tertiary/aromatic N) is 1. The lowest BCUT2D eigenvalue weighted by molar-refractivity contribution is -0.385. The second kappa shape index (κ2) is 8.00. The summed E-state index contributed by atoms with van der Waals surface area (Å²) in [6.45, 7) is 4.29. The Hall–Kier alpha value is -3.20. The van der Waals surface area contributed by atoms with Crippen molar-refractivity contribution in [2.75, 3.05) is 11.9 Å². The van der Waals surface area contributed by atoms with Crippen molar-refractivity contribution in [3.8, 4) is 0 Å². The molecule has 142 valence electrons. The molecule has 0 saturated carbocycles. The predicted molar refractivity (Wildman–Crippen MR) is 95.5 cm³/mol. The summed E-state index contributed by atoms with van der Waals surface area (Å²) in [6, 6.07) is 3.50. The molecule has 27 heavy (non-hydrogen) atoms. The summed E-state index contributed by atoms with van der Waals surface area (Å²) in [5, 5.41) is 13.5. The lowest BCUT2D eigenvalue weighted by Gasteiger charge is -2.07. The number of rotatable bonds is 6. The molecule has 0 aliphatic rings. The molecular formula is C17H15ClN2O7. The van der Waals surface area contributed by atoms with Crippen molar-refractivity contribution in [2.24, 2.45) is 0 Å². The van der Waals surface area contributed by atoms with E-state index in [0.717, 1.165) is 6.07 Å². The van der Waals surface area contributed by atoms with Crippen LogP contribution in [0.2, 0.25) is 5.02 Å². The van der Waals surface area contributed by atoms with Crippen molar-refractivity contribution in [3.05, 3.63) is 55.8 Å². The Balaban J connectivity index is 2.50. The Bertz CT molecular complexity index is 949. The summed E-state index contributed by atoms with van der Waals surface area (Å²) in [6.07, 6.45) is 0. The third-order valence-electron chi connectivity index (χ3n) is 3.54. The molecule has 1 N–H and O–H groups in total. The van der Waals surface area contributed by atoms with E-state index >= 15 is 0 Å². The number of halogens is 1. The van der Waals surface area contributed by atoms with Gasteiger partial charge >= 0.3 is 5.97 Å². The van der Waals surface area contributed by atoms with Crippen LogP contribution in [-0.2, 0) is 4.74 Å². The van der Waals surface area contributed by atoms with Crippen molar-refractivity contribution in [1.29, 1.82) is 0 Å². The average Bonchev–Trinajstić information content (AvgIpc) is 2.90. The molecule has 1 amide bonds. The van der Waals surface area contributed by atoms with Gasteiger partial charge in [-0.05, 0) is 32.9 Å². The van der Waals surface area contributed by atoms with Crippen molar-refractivity contribution < 1.29 is 28.5 Å². The highest BCUT2D eigenvalue weighted by Gasteiger charge is 2.30. The highest BCUT2D eigenvalue weighted by molar-refractivity contribution is 6.31. The third kappa shape index (κ3) is 4.14. The molecule has 9 nitrogen and oxygen atoms in total. The lowest BCUT2D eigenvalue weighted by atomic mass is 10.1. The van der Waals surface area contributed by atoms with E-state index in [9.17, 15) is 24.5 Å². The van der Waals surface area contributed by atoms with Crippen LogP contribution in [-0.4, -0.2) is 29.2 Å². The Labute approximate surface area is 158 Å². The molecule has 0 radical (unpaired) electrons. The number of amides is 1. The highest BCUT2D eigenvalue weighted by atomic mass is 35.5. The summed E-state index contributed by atoms with van der Waals surface area (Å²) >= 11 is 5.73. The van der Waals surface area contributed by atoms with Crippen molar-refractivity contribution >= 4 is 40.8 Å². The number of anilines is 1. The van der Waals surface area contributed by atoms with Gasteiger partial charge in [-0.3, -0.25) is 25.0 Å². The monoisotopic (exact) mass is 394 g/mol. The average molecular weight is 395 g/mol. The first-order valence-corrected chi connectivity index (χ1v) is 8.11. The molecule has 1 heterocycles. The summed E-state index contributed by atoms with van der Waals surface area (Å²) in [4.78, 5) is 47.0. The fraction of sp³-hybridized carbons (Fsp3) is 0.235. The van der Waals surface area contributed by atoms with Crippen molar-refractivity contribution in [1.82, 2.24) is 0 Å². The number of furan rings is 1. The van der Waals surface area contributed by atoms with E-state index < -0.39 is 28.3 Å². The Morgan fingerprint density at radius 1 is 1.30 bits per heavy atom. The van der Waals surface area contributed by atoms with Crippen LogP contribution in [0.5, 0.6) is 0 Å². The minimum absolute atomic E-state index is 0.0330. The topological polar surface area (TPSA) is 129 Å². The van der Waals surface area contributed by atoms with Crippen LogP contribution in [0.15, 0.2) is 22.6 Å². The van der Waals surface area contributed by atoms with E-state index in [1.807, 2.05) is 0 Å². The predicted octanol–water partition coefficient (Wildman–Crippen LogP) is 3.78. The van der Waals surface area contributed by atoms with Gasteiger partial charge < -0.3 is 9.15 Å². The number of carbonyl (C=O) groups is 3. The number of nitrogens with one attached hydrogen (secondary N) is 1. The fourth-order valence-corrected chi connectivity index (χ4v) is 2.64. The van der Waals surface area contributed by atoms with Crippen LogP contribution < -0.4 is 5.32 Å². The summed E-state index contributed by atoms with van der Waals surface area (Å²) in [5.74, 6) is -2.46. The first-order chi connectivity index (χ1) is 12.7. The van der Waals surface area contributed by atoms with Gasteiger partial charge in [-0.15, -0.1) is 0 Å². The van der Waals surface area contributed by atoms with Gasteiger partial charge in [-0.2, -0.15) is 0 Å². The smallest absolute Gasteiger partial charge is 0.344 e. The van der Waals surface area contributed by atoms with Gasteiger partial charge in [-0.1, -0.05) is 11.6 Å². The molecule has 2 rings (SSSR count). The lowest BCUT2D eigenvalue weighted by Crippen LogP contribution is -2.17. The molecule has 0 atom stereocenters. The molecule has 0 unspecified atom stereocenters. The maximum absolute atomic E-state index is 12.5.